The molecular formula is C16H10Cl4O2. The van der Waals surface area contributed by atoms with Gasteiger partial charge in [0, 0.05) is 27.8 Å². The molecule has 1 aliphatic carbocycles. The van der Waals surface area contributed by atoms with E-state index in [4.69, 9.17) is 55.9 Å². The molecule has 0 aliphatic heterocycles. The SMILES string of the molecule is C=C1CC1(Oc1cc(Cl)ccc1Cl)Oc1cc(Cl)ccc1Cl. The molecule has 0 bridgehead atoms. The van der Waals surface area contributed by atoms with Crippen molar-refractivity contribution < 1.29 is 9.47 Å². The summed E-state index contributed by atoms with van der Waals surface area (Å²) in [7, 11) is 0. The molecule has 1 aliphatic rings. The Morgan fingerprint density at radius 1 is 0.818 bits per heavy atom. The molecule has 114 valence electrons. The molecule has 0 saturated heterocycles. The highest BCUT2D eigenvalue weighted by molar-refractivity contribution is 6.34. The zero-order chi connectivity index (χ0) is 15.9. The van der Waals surface area contributed by atoms with Gasteiger partial charge in [-0.1, -0.05) is 53.0 Å². The van der Waals surface area contributed by atoms with Gasteiger partial charge in [-0.25, -0.2) is 0 Å². The first-order chi connectivity index (χ1) is 10.4. The van der Waals surface area contributed by atoms with Gasteiger partial charge in [0.05, 0.1) is 16.5 Å². The van der Waals surface area contributed by atoms with Crippen LogP contribution in [0.2, 0.25) is 20.1 Å². The van der Waals surface area contributed by atoms with E-state index in [1.165, 1.54) is 0 Å². The second kappa shape index (κ2) is 5.86. The van der Waals surface area contributed by atoms with Crippen LogP contribution in [0.3, 0.4) is 0 Å². The molecule has 0 N–H and O–H groups in total. The van der Waals surface area contributed by atoms with E-state index in [1.54, 1.807) is 36.4 Å². The summed E-state index contributed by atoms with van der Waals surface area (Å²) < 4.78 is 11.8. The normalized spacial score (nSPS) is 15.5. The minimum atomic E-state index is -0.997. The van der Waals surface area contributed by atoms with Gasteiger partial charge in [-0.2, -0.15) is 0 Å². The van der Waals surface area contributed by atoms with Gasteiger partial charge in [-0.15, -0.1) is 0 Å². The van der Waals surface area contributed by atoms with Crippen LogP contribution >= 0.6 is 46.4 Å². The van der Waals surface area contributed by atoms with E-state index in [0.717, 1.165) is 5.57 Å². The van der Waals surface area contributed by atoms with Gasteiger partial charge in [0.25, 0.3) is 5.79 Å². The van der Waals surface area contributed by atoms with Crippen LogP contribution in [0.5, 0.6) is 11.5 Å². The first kappa shape index (κ1) is 15.8. The third kappa shape index (κ3) is 3.16. The lowest BCUT2D eigenvalue weighted by molar-refractivity contribution is -0.00803. The Kier molecular flexibility index (Phi) is 4.21. The molecule has 0 heterocycles. The second-order valence-corrected chi connectivity index (χ2v) is 6.57. The van der Waals surface area contributed by atoms with E-state index in [-0.39, 0.29) is 0 Å². The van der Waals surface area contributed by atoms with Crippen LogP contribution < -0.4 is 9.47 Å². The molecule has 0 amide bonds. The van der Waals surface area contributed by atoms with Gasteiger partial charge in [0.15, 0.2) is 0 Å². The minimum absolute atomic E-state index is 0.422. The summed E-state index contributed by atoms with van der Waals surface area (Å²) in [5.41, 5.74) is 0.777. The van der Waals surface area contributed by atoms with E-state index in [1.807, 2.05) is 0 Å². The minimum Gasteiger partial charge on any atom is -0.447 e. The first-order valence-corrected chi connectivity index (χ1v) is 7.87. The summed E-state index contributed by atoms with van der Waals surface area (Å²) in [6, 6.07) is 9.93. The van der Waals surface area contributed by atoms with Gasteiger partial charge in [-0.3, -0.25) is 0 Å². The molecule has 22 heavy (non-hydrogen) atoms. The number of rotatable bonds is 4. The van der Waals surface area contributed by atoms with Crippen LogP contribution in [0.4, 0.5) is 0 Å². The number of hydrogen-bond donors (Lipinski definition) is 0. The Balaban J connectivity index is 1.88. The highest BCUT2D eigenvalue weighted by Gasteiger charge is 2.54. The summed E-state index contributed by atoms with van der Waals surface area (Å²) in [6.45, 7) is 3.91. The van der Waals surface area contributed by atoms with Crippen LogP contribution in [0.15, 0.2) is 48.6 Å². The van der Waals surface area contributed by atoms with Crippen LogP contribution in [0.1, 0.15) is 6.42 Å². The molecule has 0 spiro atoms. The number of ether oxygens (including phenoxy) is 2. The summed E-state index contributed by atoms with van der Waals surface area (Å²) in [5, 5.41) is 1.90. The van der Waals surface area contributed by atoms with Crippen molar-refractivity contribution in [1.82, 2.24) is 0 Å². The summed E-state index contributed by atoms with van der Waals surface area (Å²) >= 11 is 24.2. The van der Waals surface area contributed by atoms with Gasteiger partial charge < -0.3 is 9.47 Å². The average molecular weight is 376 g/mol. The molecule has 3 rings (SSSR count). The maximum atomic E-state index is 6.12. The molecule has 6 heteroatoms. The van der Waals surface area contributed by atoms with Crippen LogP contribution in [-0.4, -0.2) is 5.79 Å². The van der Waals surface area contributed by atoms with E-state index in [0.29, 0.717) is 38.0 Å². The monoisotopic (exact) mass is 374 g/mol. The standard InChI is InChI=1S/C16H10Cl4O2/c1-9-8-16(9,21-14-6-10(17)2-4-12(14)19)22-15-7-11(18)3-5-13(15)20/h2-7H,1,8H2. The summed E-state index contributed by atoms with van der Waals surface area (Å²) in [5.74, 6) is -0.153. The largest absolute Gasteiger partial charge is 0.447 e. The van der Waals surface area contributed by atoms with E-state index < -0.39 is 5.79 Å². The van der Waals surface area contributed by atoms with Crippen molar-refractivity contribution in [2.45, 2.75) is 12.2 Å². The van der Waals surface area contributed by atoms with Crippen molar-refractivity contribution in [3.05, 3.63) is 68.6 Å². The number of halogens is 4. The fourth-order valence-electron chi connectivity index (χ4n) is 1.94. The Morgan fingerprint density at radius 3 is 1.59 bits per heavy atom. The Morgan fingerprint density at radius 2 is 1.23 bits per heavy atom. The highest BCUT2D eigenvalue weighted by atomic mass is 35.5. The molecule has 0 atom stereocenters. The fraction of sp³-hybridized carbons (Fsp3) is 0.125. The summed E-state index contributed by atoms with van der Waals surface area (Å²) in [6.07, 6.45) is 0.526. The lowest BCUT2D eigenvalue weighted by Crippen LogP contribution is -2.27. The van der Waals surface area contributed by atoms with E-state index in [9.17, 15) is 0 Å². The molecule has 1 saturated carbocycles. The summed E-state index contributed by atoms with van der Waals surface area (Å²) in [4.78, 5) is 0. The molecule has 2 aromatic rings. The van der Waals surface area contributed by atoms with Gasteiger partial charge in [-0.05, 0) is 24.3 Å². The zero-order valence-electron chi connectivity index (χ0n) is 11.2. The van der Waals surface area contributed by atoms with Gasteiger partial charge in [0.2, 0.25) is 0 Å². The Bertz CT molecular complexity index is 704. The predicted molar refractivity (Wildman–Crippen MR) is 90.7 cm³/mol. The maximum absolute atomic E-state index is 6.12. The van der Waals surface area contributed by atoms with Crippen LogP contribution in [0.25, 0.3) is 0 Å². The Labute approximate surface area is 148 Å². The zero-order valence-corrected chi connectivity index (χ0v) is 14.2. The average Bonchev–Trinajstić information content (AvgIpc) is 3.08. The smallest absolute Gasteiger partial charge is 0.278 e. The van der Waals surface area contributed by atoms with Crippen molar-refractivity contribution >= 4 is 46.4 Å². The molecule has 2 aromatic carbocycles. The molecule has 0 radical (unpaired) electrons. The van der Waals surface area contributed by atoms with E-state index in [2.05, 4.69) is 6.58 Å². The highest BCUT2D eigenvalue weighted by Crippen LogP contribution is 2.49. The predicted octanol–water partition coefficient (Wildman–Crippen LogP) is 6.41. The first-order valence-electron chi connectivity index (χ1n) is 6.36. The van der Waals surface area contributed by atoms with Crippen LogP contribution in [0, 0.1) is 0 Å². The van der Waals surface area contributed by atoms with Crippen molar-refractivity contribution in [3.8, 4) is 11.5 Å². The van der Waals surface area contributed by atoms with Crippen molar-refractivity contribution in [3.63, 3.8) is 0 Å². The number of hydrogen-bond acceptors (Lipinski definition) is 2. The van der Waals surface area contributed by atoms with Gasteiger partial charge >= 0.3 is 0 Å². The van der Waals surface area contributed by atoms with E-state index >= 15 is 0 Å². The van der Waals surface area contributed by atoms with Gasteiger partial charge in [0.1, 0.15) is 11.5 Å². The quantitative estimate of drug-likeness (QED) is 0.453. The Hall–Kier alpha value is -1.06. The maximum Gasteiger partial charge on any atom is 0.278 e. The van der Waals surface area contributed by atoms with Crippen molar-refractivity contribution in [2.24, 2.45) is 0 Å². The topological polar surface area (TPSA) is 18.5 Å². The number of benzene rings is 2. The van der Waals surface area contributed by atoms with Crippen molar-refractivity contribution in [2.75, 3.05) is 0 Å². The lowest BCUT2D eigenvalue weighted by Gasteiger charge is -2.21. The van der Waals surface area contributed by atoms with Crippen LogP contribution in [-0.2, 0) is 0 Å². The van der Waals surface area contributed by atoms with Crippen molar-refractivity contribution in [1.29, 1.82) is 0 Å². The second-order valence-electron chi connectivity index (χ2n) is 4.89. The third-order valence-electron chi connectivity index (χ3n) is 3.20. The molecule has 0 aromatic heterocycles. The molecule has 1 fully saturated rings. The fourth-order valence-corrected chi connectivity index (χ4v) is 2.58. The molecular weight excluding hydrogens is 366 g/mol. The third-order valence-corrected chi connectivity index (χ3v) is 4.29. The molecule has 0 unspecified atom stereocenters. The molecule has 2 nitrogen and oxygen atoms in total. The lowest BCUT2D eigenvalue weighted by atomic mass is 10.3.